The molecule has 0 saturated heterocycles. The molecule has 0 aliphatic carbocycles. The van der Waals surface area contributed by atoms with E-state index < -0.39 is 5.97 Å². The molecule has 0 fully saturated rings. The fraction of sp³-hybridized carbons (Fsp3) is 0.571. The van der Waals surface area contributed by atoms with Gasteiger partial charge in [0.2, 0.25) is 0 Å². The summed E-state index contributed by atoms with van der Waals surface area (Å²) in [6.45, 7) is 3.92. The molecule has 3 nitrogen and oxygen atoms in total. The monoisotopic (exact) mass is 144 g/mol. The Labute approximate surface area is 60.3 Å². The van der Waals surface area contributed by atoms with Crippen molar-refractivity contribution in [3.63, 3.8) is 0 Å². The molecule has 0 aromatic heterocycles. The number of carboxylic acid groups (broad SMARTS) is 1. The Morgan fingerprint density at radius 2 is 2.30 bits per heavy atom. The standard InChI is InChI=1S/C7H12O3/c1-2-10-6-4-3-5-7(8)9/h2H,1,3-6H2,(H,8,9). The largest absolute Gasteiger partial charge is 0.502 e. The summed E-state index contributed by atoms with van der Waals surface area (Å²) in [5, 5.41) is 8.21. The van der Waals surface area contributed by atoms with Crippen LogP contribution in [0.4, 0.5) is 0 Å². The zero-order chi connectivity index (χ0) is 7.82. The Kier molecular flexibility index (Phi) is 5.53. The van der Waals surface area contributed by atoms with Gasteiger partial charge in [-0.2, -0.15) is 0 Å². The molecule has 3 heteroatoms. The summed E-state index contributed by atoms with van der Waals surface area (Å²) in [4.78, 5) is 9.97. The molecule has 58 valence electrons. The van der Waals surface area contributed by atoms with Gasteiger partial charge >= 0.3 is 5.97 Å². The van der Waals surface area contributed by atoms with Crippen molar-refractivity contribution in [2.45, 2.75) is 19.3 Å². The molecule has 0 aliphatic heterocycles. The van der Waals surface area contributed by atoms with E-state index in [0.29, 0.717) is 13.0 Å². The van der Waals surface area contributed by atoms with Crippen LogP contribution < -0.4 is 0 Å². The molecule has 0 heterocycles. The lowest BCUT2D eigenvalue weighted by Crippen LogP contribution is -1.95. The third-order valence-electron chi connectivity index (χ3n) is 1.02. The van der Waals surface area contributed by atoms with Crippen molar-refractivity contribution in [2.75, 3.05) is 6.61 Å². The minimum atomic E-state index is -0.751. The van der Waals surface area contributed by atoms with Gasteiger partial charge in [0.05, 0.1) is 12.9 Å². The van der Waals surface area contributed by atoms with Gasteiger partial charge in [0, 0.05) is 6.42 Å². The molecule has 0 atom stereocenters. The van der Waals surface area contributed by atoms with E-state index in [4.69, 9.17) is 9.84 Å². The smallest absolute Gasteiger partial charge is 0.303 e. The second kappa shape index (κ2) is 6.13. The van der Waals surface area contributed by atoms with E-state index in [-0.39, 0.29) is 6.42 Å². The van der Waals surface area contributed by atoms with E-state index >= 15 is 0 Å². The van der Waals surface area contributed by atoms with Crippen molar-refractivity contribution in [2.24, 2.45) is 0 Å². The number of carboxylic acids is 1. The van der Waals surface area contributed by atoms with Crippen molar-refractivity contribution >= 4 is 5.97 Å². The van der Waals surface area contributed by atoms with Crippen LogP contribution in [-0.4, -0.2) is 17.7 Å². The number of carbonyl (C=O) groups is 1. The van der Waals surface area contributed by atoms with Gasteiger partial charge in [-0.15, -0.1) is 0 Å². The molecule has 0 aromatic rings. The molecule has 0 radical (unpaired) electrons. The van der Waals surface area contributed by atoms with E-state index in [1.807, 2.05) is 0 Å². The Morgan fingerprint density at radius 1 is 1.60 bits per heavy atom. The molecule has 0 aromatic carbocycles. The first-order valence-corrected chi connectivity index (χ1v) is 3.21. The molecule has 0 rings (SSSR count). The fourth-order valence-corrected chi connectivity index (χ4v) is 0.545. The normalized spacial score (nSPS) is 8.80. The molecular formula is C7H12O3. The lowest BCUT2D eigenvalue weighted by atomic mass is 10.2. The second-order valence-electron chi connectivity index (χ2n) is 1.89. The minimum Gasteiger partial charge on any atom is -0.502 e. The summed E-state index contributed by atoms with van der Waals surface area (Å²) in [6.07, 6.45) is 3.03. The van der Waals surface area contributed by atoms with Crippen LogP contribution in [0.3, 0.4) is 0 Å². The molecule has 10 heavy (non-hydrogen) atoms. The third-order valence-corrected chi connectivity index (χ3v) is 1.02. The predicted octanol–water partition coefficient (Wildman–Crippen LogP) is 1.40. The molecular weight excluding hydrogens is 132 g/mol. The lowest BCUT2D eigenvalue weighted by molar-refractivity contribution is -0.137. The zero-order valence-corrected chi connectivity index (χ0v) is 5.88. The third kappa shape index (κ3) is 7.01. The predicted molar refractivity (Wildman–Crippen MR) is 37.6 cm³/mol. The van der Waals surface area contributed by atoms with Gasteiger partial charge in [0.15, 0.2) is 0 Å². The maximum Gasteiger partial charge on any atom is 0.303 e. The highest BCUT2D eigenvalue weighted by Gasteiger charge is 1.94. The Bertz CT molecular complexity index is 109. The SMILES string of the molecule is C=COCCCCC(=O)O. The van der Waals surface area contributed by atoms with Gasteiger partial charge in [0.25, 0.3) is 0 Å². The average molecular weight is 144 g/mol. The summed E-state index contributed by atoms with van der Waals surface area (Å²) in [7, 11) is 0. The maximum absolute atomic E-state index is 9.97. The van der Waals surface area contributed by atoms with Crippen LogP contribution in [0.1, 0.15) is 19.3 Å². The topological polar surface area (TPSA) is 46.5 Å². The van der Waals surface area contributed by atoms with Gasteiger partial charge in [-0.3, -0.25) is 4.79 Å². The van der Waals surface area contributed by atoms with Gasteiger partial charge in [0.1, 0.15) is 0 Å². The molecule has 0 bridgehead atoms. The average Bonchev–Trinajstić information content (AvgIpc) is 1.87. The Hall–Kier alpha value is -0.990. The van der Waals surface area contributed by atoms with Gasteiger partial charge < -0.3 is 9.84 Å². The Balaban J connectivity index is 2.90. The lowest BCUT2D eigenvalue weighted by Gasteiger charge is -1.97. The summed E-state index contributed by atoms with van der Waals surface area (Å²) in [6, 6.07) is 0. The van der Waals surface area contributed by atoms with Crippen LogP contribution in [0.2, 0.25) is 0 Å². The minimum absolute atomic E-state index is 0.223. The van der Waals surface area contributed by atoms with E-state index in [1.54, 1.807) is 0 Å². The highest BCUT2D eigenvalue weighted by Crippen LogP contribution is 1.95. The first kappa shape index (κ1) is 9.01. The van der Waals surface area contributed by atoms with E-state index in [0.717, 1.165) is 6.42 Å². The summed E-state index contributed by atoms with van der Waals surface area (Å²) >= 11 is 0. The molecule has 0 amide bonds. The fourth-order valence-electron chi connectivity index (χ4n) is 0.545. The molecule has 1 N–H and O–H groups in total. The number of rotatable bonds is 6. The molecule has 0 unspecified atom stereocenters. The highest BCUT2D eigenvalue weighted by molar-refractivity contribution is 5.66. The first-order chi connectivity index (χ1) is 4.77. The summed E-state index contributed by atoms with van der Waals surface area (Å²) < 4.78 is 4.79. The van der Waals surface area contributed by atoms with Crippen molar-refractivity contribution in [3.8, 4) is 0 Å². The van der Waals surface area contributed by atoms with Crippen molar-refractivity contribution in [1.82, 2.24) is 0 Å². The zero-order valence-electron chi connectivity index (χ0n) is 5.88. The summed E-state index contributed by atoms with van der Waals surface area (Å²) in [5.74, 6) is -0.751. The van der Waals surface area contributed by atoms with E-state index in [1.165, 1.54) is 6.26 Å². The van der Waals surface area contributed by atoms with Crippen LogP contribution in [-0.2, 0) is 9.53 Å². The van der Waals surface area contributed by atoms with E-state index in [2.05, 4.69) is 6.58 Å². The maximum atomic E-state index is 9.97. The van der Waals surface area contributed by atoms with Crippen LogP contribution >= 0.6 is 0 Å². The van der Waals surface area contributed by atoms with Crippen molar-refractivity contribution < 1.29 is 14.6 Å². The number of ether oxygens (including phenoxy) is 1. The molecule has 0 spiro atoms. The summed E-state index contributed by atoms with van der Waals surface area (Å²) in [5.41, 5.74) is 0. The molecule has 0 aliphatic rings. The van der Waals surface area contributed by atoms with Crippen LogP contribution in [0.15, 0.2) is 12.8 Å². The number of unbranched alkanes of at least 4 members (excludes halogenated alkanes) is 1. The quantitative estimate of drug-likeness (QED) is 0.452. The van der Waals surface area contributed by atoms with Crippen LogP contribution in [0.25, 0.3) is 0 Å². The van der Waals surface area contributed by atoms with E-state index in [9.17, 15) is 4.79 Å². The first-order valence-electron chi connectivity index (χ1n) is 3.21. The second-order valence-corrected chi connectivity index (χ2v) is 1.89. The Morgan fingerprint density at radius 3 is 2.80 bits per heavy atom. The van der Waals surface area contributed by atoms with Gasteiger partial charge in [-0.25, -0.2) is 0 Å². The van der Waals surface area contributed by atoms with Crippen molar-refractivity contribution in [1.29, 1.82) is 0 Å². The molecule has 0 saturated carbocycles. The number of aliphatic carboxylic acids is 1. The van der Waals surface area contributed by atoms with Crippen molar-refractivity contribution in [3.05, 3.63) is 12.8 Å². The van der Waals surface area contributed by atoms with Gasteiger partial charge in [-0.05, 0) is 12.8 Å². The number of hydrogen-bond acceptors (Lipinski definition) is 2. The van der Waals surface area contributed by atoms with Gasteiger partial charge in [-0.1, -0.05) is 6.58 Å². The number of hydrogen-bond donors (Lipinski definition) is 1. The van der Waals surface area contributed by atoms with Crippen LogP contribution in [0, 0.1) is 0 Å². The van der Waals surface area contributed by atoms with Crippen LogP contribution in [0.5, 0.6) is 0 Å². The highest BCUT2D eigenvalue weighted by atomic mass is 16.5.